The smallest absolute Gasteiger partial charge is 0.337 e. The van der Waals surface area contributed by atoms with Gasteiger partial charge in [-0.05, 0) is 73.9 Å². The number of hydrogen-bond donors (Lipinski definition) is 2. The van der Waals surface area contributed by atoms with E-state index in [1.54, 1.807) is 25.1 Å². The number of esters is 1. The highest BCUT2D eigenvalue weighted by molar-refractivity contribution is 7.89. The average Bonchev–Trinajstić information content (AvgIpc) is 2.85. The summed E-state index contributed by atoms with van der Waals surface area (Å²) in [4.78, 5) is 24.8. The molecular weight excluding hydrogens is 468 g/mol. The molecule has 0 saturated carbocycles. The van der Waals surface area contributed by atoms with Gasteiger partial charge in [-0.15, -0.1) is 0 Å². The summed E-state index contributed by atoms with van der Waals surface area (Å²) < 4.78 is 39.1. The van der Waals surface area contributed by atoms with Crippen LogP contribution in [0.5, 0.6) is 5.75 Å². The Balaban J connectivity index is 1.84. The third kappa shape index (κ3) is 6.91. The fourth-order valence-electron chi connectivity index (χ4n) is 3.44. The van der Waals surface area contributed by atoms with Crippen LogP contribution in [0.15, 0.2) is 77.7 Å². The van der Waals surface area contributed by atoms with Crippen molar-refractivity contribution in [3.8, 4) is 5.75 Å². The largest absolute Gasteiger partial charge is 0.494 e. The Morgan fingerprint density at radius 2 is 1.66 bits per heavy atom. The number of anilines is 1. The van der Waals surface area contributed by atoms with Crippen molar-refractivity contribution in [2.45, 2.75) is 31.2 Å². The molecule has 0 bridgehead atoms. The summed E-state index contributed by atoms with van der Waals surface area (Å²) in [6.07, 6.45) is 0.141. The zero-order chi connectivity index (χ0) is 25.4. The Hall–Kier alpha value is -3.69. The van der Waals surface area contributed by atoms with E-state index < -0.39 is 27.9 Å². The minimum atomic E-state index is -4.02. The molecule has 0 heterocycles. The molecule has 3 aromatic carbocycles. The lowest BCUT2D eigenvalue weighted by Gasteiger charge is -2.19. The van der Waals surface area contributed by atoms with Crippen LogP contribution in [-0.2, 0) is 26.0 Å². The van der Waals surface area contributed by atoms with Gasteiger partial charge in [0.05, 0.1) is 24.2 Å². The highest BCUT2D eigenvalue weighted by Crippen LogP contribution is 2.22. The monoisotopic (exact) mass is 496 g/mol. The molecular formula is C26H28N2O6S. The third-order valence-electron chi connectivity index (χ3n) is 5.23. The van der Waals surface area contributed by atoms with Crippen LogP contribution >= 0.6 is 0 Å². The fourth-order valence-corrected chi connectivity index (χ4v) is 4.72. The lowest BCUT2D eigenvalue weighted by molar-refractivity contribution is -0.117. The fraction of sp³-hybridized carbons (Fsp3) is 0.231. The molecule has 1 amide bonds. The topological polar surface area (TPSA) is 111 Å². The zero-order valence-electron chi connectivity index (χ0n) is 19.8. The molecule has 0 saturated heterocycles. The van der Waals surface area contributed by atoms with Gasteiger partial charge in [0.2, 0.25) is 15.9 Å². The molecule has 0 aliphatic rings. The number of amides is 1. The van der Waals surface area contributed by atoms with Gasteiger partial charge in [-0.1, -0.05) is 30.3 Å². The van der Waals surface area contributed by atoms with E-state index in [4.69, 9.17) is 4.74 Å². The SMILES string of the molecule is CCOc1ccc(S(=O)(=O)N[C@@H](Cc2ccccc2)C(=O)Nc2ccc(C(=O)OC)cc2)cc1C. The first-order chi connectivity index (χ1) is 16.7. The molecule has 1 atom stereocenters. The Kier molecular flexibility index (Phi) is 8.62. The molecule has 8 nitrogen and oxygen atoms in total. The van der Waals surface area contributed by atoms with Crippen molar-refractivity contribution in [1.29, 1.82) is 0 Å². The van der Waals surface area contributed by atoms with Crippen molar-refractivity contribution in [1.82, 2.24) is 4.72 Å². The number of aryl methyl sites for hydroxylation is 1. The van der Waals surface area contributed by atoms with E-state index in [2.05, 4.69) is 14.8 Å². The van der Waals surface area contributed by atoms with E-state index in [-0.39, 0.29) is 11.3 Å². The van der Waals surface area contributed by atoms with Crippen LogP contribution in [0.2, 0.25) is 0 Å². The zero-order valence-corrected chi connectivity index (χ0v) is 20.6. The molecule has 0 aromatic heterocycles. The molecule has 0 spiro atoms. The second-order valence-corrected chi connectivity index (χ2v) is 9.50. The quantitative estimate of drug-likeness (QED) is 0.414. The van der Waals surface area contributed by atoms with Crippen molar-refractivity contribution < 1.29 is 27.5 Å². The summed E-state index contributed by atoms with van der Waals surface area (Å²) in [6.45, 7) is 4.07. The second-order valence-electron chi connectivity index (χ2n) is 7.78. The van der Waals surface area contributed by atoms with Gasteiger partial charge in [0, 0.05) is 5.69 Å². The predicted octanol–water partition coefficient (Wildman–Crippen LogP) is 3.71. The Morgan fingerprint density at radius 3 is 2.26 bits per heavy atom. The lowest BCUT2D eigenvalue weighted by atomic mass is 10.1. The van der Waals surface area contributed by atoms with Crippen LogP contribution in [0.25, 0.3) is 0 Å². The summed E-state index contributed by atoms with van der Waals surface area (Å²) in [5.74, 6) is -0.436. The maximum atomic E-state index is 13.2. The number of sulfonamides is 1. The van der Waals surface area contributed by atoms with Crippen molar-refractivity contribution >= 4 is 27.6 Å². The highest BCUT2D eigenvalue weighted by Gasteiger charge is 2.27. The number of nitrogens with one attached hydrogen (secondary N) is 2. The van der Waals surface area contributed by atoms with Gasteiger partial charge >= 0.3 is 5.97 Å². The molecule has 3 rings (SSSR count). The molecule has 0 aliphatic carbocycles. The minimum absolute atomic E-state index is 0.0340. The number of carbonyl (C=O) groups is 2. The Labute approximate surface area is 205 Å². The highest BCUT2D eigenvalue weighted by atomic mass is 32.2. The molecule has 0 fully saturated rings. The standard InChI is InChI=1S/C26H28N2O6S/c1-4-34-24-15-14-22(16-18(24)2)35(31,32)28-23(17-19-8-6-5-7-9-19)25(29)27-21-12-10-20(11-13-21)26(30)33-3/h5-16,23,28H,4,17H2,1-3H3,(H,27,29)/t23-/m0/s1. The van der Waals surface area contributed by atoms with Crippen LogP contribution in [0.1, 0.15) is 28.4 Å². The number of rotatable bonds is 10. The summed E-state index contributed by atoms with van der Waals surface area (Å²) in [6, 6.07) is 18.7. The number of ether oxygens (including phenoxy) is 2. The molecule has 0 unspecified atom stereocenters. The summed E-state index contributed by atoms with van der Waals surface area (Å²) in [5, 5.41) is 2.72. The van der Waals surface area contributed by atoms with Gasteiger partial charge in [0.25, 0.3) is 0 Å². The van der Waals surface area contributed by atoms with Gasteiger partial charge in [-0.25, -0.2) is 13.2 Å². The predicted molar refractivity (Wildman–Crippen MR) is 133 cm³/mol. The van der Waals surface area contributed by atoms with E-state index in [0.717, 1.165) is 5.56 Å². The van der Waals surface area contributed by atoms with Gasteiger partial charge < -0.3 is 14.8 Å². The van der Waals surface area contributed by atoms with Crippen molar-refractivity contribution in [3.05, 3.63) is 89.5 Å². The van der Waals surface area contributed by atoms with Crippen LogP contribution in [-0.4, -0.2) is 40.1 Å². The lowest BCUT2D eigenvalue weighted by Crippen LogP contribution is -2.45. The molecule has 2 N–H and O–H groups in total. The number of carbonyl (C=O) groups excluding carboxylic acids is 2. The van der Waals surface area contributed by atoms with Crippen LogP contribution in [0.4, 0.5) is 5.69 Å². The van der Waals surface area contributed by atoms with Gasteiger partial charge in [0.15, 0.2) is 0 Å². The van der Waals surface area contributed by atoms with Crippen LogP contribution < -0.4 is 14.8 Å². The van der Waals surface area contributed by atoms with Gasteiger partial charge in [-0.3, -0.25) is 4.79 Å². The van der Waals surface area contributed by atoms with Gasteiger partial charge in [-0.2, -0.15) is 4.72 Å². The van der Waals surface area contributed by atoms with E-state index in [9.17, 15) is 18.0 Å². The van der Waals surface area contributed by atoms with Crippen molar-refractivity contribution in [3.63, 3.8) is 0 Å². The number of methoxy groups -OCH3 is 1. The van der Waals surface area contributed by atoms with Crippen LogP contribution in [0.3, 0.4) is 0 Å². The van der Waals surface area contributed by atoms with Crippen LogP contribution in [0, 0.1) is 6.92 Å². The first-order valence-electron chi connectivity index (χ1n) is 11.0. The Bertz CT molecular complexity index is 1270. The molecule has 0 radical (unpaired) electrons. The molecule has 9 heteroatoms. The molecule has 184 valence electrons. The van der Waals surface area contributed by atoms with Crippen molar-refractivity contribution in [2.75, 3.05) is 19.0 Å². The first-order valence-corrected chi connectivity index (χ1v) is 12.5. The summed E-state index contributed by atoms with van der Waals surface area (Å²) in [7, 11) is -2.74. The maximum Gasteiger partial charge on any atom is 0.337 e. The van der Waals surface area contributed by atoms with E-state index in [0.29, 0.717) is 29.2 Å². The van der Waals surface area contributed by atoms with E-state index in [1.165, 1.54) is 31.4 Å². The van der Waals surface area contributed by atoms with E-state index in [1.807, 2.05) is 37.3 Å². The molecule has 0 aliphatic heterocycles. The minimum Gasteiger partial charge on any atom is -0.494 e. The number of hydrogen-bond acceptors (Lipinski definition) is 6. The van der Waals surface area contributed by atoms with Gasteiger partial charge in [0.1, 0.15) is 11.8 Å². The first kappa shape index (κ1) is 25.9. The maximum absolute atomic E-state index is 13.2. The van der Waals surface area contributed by atoms with E-state index >= 15 is 0 Å². The number of benzene rings is 3. The Morgan fingerprint density at radius 1 is 0.971 bits per heavy atom. The van der Waals surface area contributed by atoms with Crippen molar-refractivity contribution in [2.24, 2.45) is 0 Å². The molecule has 35 heavy (non-hydrogen) atoms. The summed E-state index contributed by atoms with van der Waals surface area (Å²) >= 11 is 0. The third-order valence-corrected chi connectivity index (χ3v) is 6.70. The summed E-state index contributed by atoms with van der Waals surface area (Å²) in [5.41, 5.74) is 2.21. The second kappa shape index (κ2) is 11.6. The average molecular weight is 497 g/mol. The normalized spacial score (nSPS) is 12.0. The molecule has 3 aromatic rings.